The lowest BCUT2D eigenvalue weighted by Gasteiger charge is -2.42. The van der Waals surface area contributed by atoms with E-state index < -0.39 is 95.8 Å². The second-order valence-electron chi connectivity index (χ2n) is 20.8. The van der Waals surface area contributed by atoms with Gasteiger partial charge in [-0.05, 0) is 107 Å². The number of carbonyl (C=O) groups excluding carboxylic acids is 7. The fourth-order valence-corrected chi connectivity index (χ4v) is 11.1. The Balaban J connectivity index is 1.76. The van der Waals surface area contributed by atoms with Crippen molar-refractivity contribution in [3.63, 3.8) is 0 Å². The molecule has 1 amide bonds. The summed E-state index contributed by atoms with van der Waals surface area (Å²) in [5.41, 5.74) is 1.30. The van der Waals surface area contributed by atoms with Crippen LogP contribution in [0.2, 0.25) is 0 Å². The third-order valence-corrected chi connectivity index (χ3v) is 16.4. The maximum Gasteiger partial charge on any atom is 0.329 e. The number of hydrogen-bond acceptors (Lipinski definition) is 15. The van der Waals surface area contributed by atoms with E-state index in [9.17, 15) is 38.7 Å². The summed E-state index contributed by atoms with van der Waals surface area (Å²) in [5, 5.41) is 12.0. The van der Waals surface area contributed by atoms with E-state index in [1.807, 2.05) is 103 Å². The number of aliphatic hydroxyl groups is 1. The number of halogens is 2. The van der Waals surface area contributed by atoms with Gasteiger partial charge < -0.3 is 43.2 Å². The fourth-order valence-electron chi connectivity index (χ4n) is 10.7. The van der Waals surface area contributed by atoms with Crippen molar-refractivity contribution < 1.29 is 71.8 Å². The number of piperidine rings is 1. The van der Waals surface area contributed by atoms with E-state index in [2.05, 4.69) is 0 Å². The Morgan fingerprint density at radius 1 is 0.808 bits per heavy atom. The lowest BCUT2D eigenvalue weighted by Crippen LogP contribution is -2.61. The Morgan fingerprint density at radius 2 is 1.51 bits per heavy atom. The van der Waals surface area contributed by atoms with Gasteiger partial charge in [0, 0.05) is 58.5 Å². The maximum atomic E-state index is 14.6. The normalized spacial score (nSPS) is 37.1. The molecule has 0 aromatic carbocycles. The zero-order chi connectivity index (χ0) is 54.2. The average Bonchev–Trinajstić information content (AvgIpc) is 3.37. The van der Waals surface area contributed by atoms with Gasteiger partial charge in [0.15, 0.2) is 18.0 Å². The van der Waals surface area contributed by atoms with E-state index in [1.165, 1.54) is 12.0 Å². The molecule has 15 atom stereocenters. The highest BCUT2D eigenvalue weighted by Crippen LogP contribution is 2.38. The predicted molar refractivity (Wildman–Crippen MR) is 291 cm³/mol. The van der Waals surface area contributed by atoms with Gasteiger partial charge >= 0.3 is 17.9 Å². The molecule has 2 bridgehead atoms. The van der Waals surface area contributed by atoms with Crippen molar-refractivity contribution in [3.8, 4) is 0 Å². The number of esters is 3. The van der Waals surface area contributed by atoms with E-state index in [-0.39, 0.29) is 63.7 Å². The molecule has 1 aliphatic carbocycles. The number of hydrogen-bond donors (Lipinski definition) is 1. The zero-order valence-electron chi connectivity index (χ0n) is 44.5. The number of carbonyl (C=O) groups is 7. The number of ketones is 3. The molecule has 16 nitrogen and oxygen atoms in total. The minimum absolute atomic E-state index is 0.0140. The molecule has 1 N–H and O–H groups in total. The van der Waals surface area contributed by atoms with Crippen LogP contribution >= 0.6 is 45.2 Å². The fraction of sp³-hybridized carbons (Fsp3) is 0.727. The van der Waals surface area contributed by atoms with Crippen LogP contribution in [0, 0.1) is 35.5 Å². The van der Waals surface area contributed by atoms with Gasteiger partial charge in [-0.25, -0.2) is 4.79 Å². The van der Waals surface area contributed by atoms with Gasteiger partial charge in [-0.2, -0.15) is 0 Å². The first-order chi connectivity index (χ1) is 34.6. The van der Waals surface area contributed by atoms with E-state index in [4.69, 9.17) is 33.2 Å². The molecule has 1 saturated carbocycles. The monoisotopic (exact) mass is 1250 g/mol. The molecule has 73 heavy (non-hydrogen) atoms. The molecule has 2 saturated heterocycles. The average molecular weight is 1250 g/mol. The molecular weight excluding hydrogens is 1170 g/mol. The van der Waals surface area contributed by atoms with Crippen molar-refractivity contribution in [3.05, 3.63) is 47.6 Å². The molecule has 0 aromatic rings. The SMILES string of the molecule is CO[C@H]1C[C@@H]2CC[C@@H](C)[C@@](O)(O2)C(=O)C(=O)N2CCCC[C@H]2C(=O)OC([C@H](C)C[C@@H]2CC[C@@H](OC(=O)CI)[C@H](OC)C2)CC(=O)[C@H](C)/C=C(\C)[C@@H](OC(=O)CI)[C@@H](OC)C(=O)[C@H](C)C[C@@H](C)\C=C/C=C/C=C/1C. The highest BCUT2D eigenvalue weighted by Gasteiger charge is 2.53. The van der Waals surface area contributed by atoms with Gasteiger partial charge in [-0.15, -0.1) is 0 Å². The second-order valence-corrected chi connectivity index (χ2v) is 22.3. The van der Waals surface area contributed by atoms with Crippen LogP contribution in [0.3, 0.4) is 0 Å². The summed E-state index contributed by atoms with van der Waals surface area (Å²) >= 11 is 3.85. The molecule has 0 aromatic heterocycles. The van der Waals surface area contributed by atoms with E-state index >= 15 is 0 Å². The van der Waals surface area contributed by atoms with Crippen LogP contribution in [-0.4, -0.2) is 142 Å². The molecule has 18 heteroatoms. The molecule has 0 spiro atoms. The van der Waals surface area contributed by atoms with Gasteiger partial charge in [0.25, 0.3) is 11.7 Å². The molecule has 410 valence electrons. The van der Waals surface area contributed by atoms with E-state index in [0.717, 1.165) is 5.57 Å². The third kappa shape index (κ3) is 17.6. The summed E-state index contributed by atoms with van der Waals surface area (Å²) in [4.78, 5) is 98.3. The van der Waals surface area contributed by atoms with Crippen LogP contribution in [0.1, 0.15) is 126 Å². The number of rotatable bonds is 10. The zero-order valence-corrected chi connectivity index (χ0v) is 48.8. The van der Waals surface area contributed by atoms with E-state index in [0.29, 0.717) is 69.8 Å². The quantitative estimate of drug-likeness (QED) is 0.0547. The first kappa shape index (κ1) is 62.6. The van der Waals surface area contributed by atoms with Gasteiger partial charge in [0.2, 0.25) is 5.79 Å². The minimum atomic E-state index is -2.46. The number of nitrogens with zero attached hydrogens (tertiary/aromatic N) is 1. The first-order valence-corrected chi connectivity index (χ1v) is 29.0. The number of Topliss-reactive ketones (excluding diaryl/α,β-unsaturated/α-hetero) is 3. The minimum Gasteiger partial charge on any atom is -0.460 e. The van der Waals surface area contributed by atoms with Crippen molar-refractivity contribution in [2.24, 2.45) is 35.5 Å². The maximum absolute atomic E-state index is 14.6. The number of alkyl halides is 2. The van der Waals surface area contributed by atoms with Crippen molar-refractivity contribution in [2.75, 3.05) is 36.7 Å². The van der Waals surface area contributed by atoms with Crippen molar-refractivity contribution in [1.29, 1.82) is 0 Å². The number of amides is 1. The largest absolute Gasteiger partial charge is 0.460 e. The molecule has 4 rings (SSSR count). The van der Waals surface area contributed by atoms with Crippen molar-refractivity contribution in [2.45, 2.75) is 180 Å². The molecule has 1 unspecified atom stereocenters. The van der Waals surface area contributed by atoms with Gasteiger partial charge in [0.1, 0.15) is 24.0 Å². The Labute approximate surface area is 460 Å². The summed E-state index contributed by atoms with van der Waals surface area (Å²) in [5.74, 6) is -9.27. The molecule has 4 aliphatic rings. The van der Waals surface area contributed by atoms with Crippen LogP contribution in [0.25, 0.3) is 0 Å². The summed E-state index contributed by atoms with van der Waals surface area (Å²) in [7, 11) is 4.54. The summed E-state index contributed by atoms with van der Waals surface area (Å²) in [6.45, 7) is 12.7. The summed E-state index contributed by atoms with van der Waals surface area (Å²) in [6.07, 6.45) is 11.1. The molecule has 3 aliphatic heterocycles. The van der Waals surface area contributed by atoms with E-state index in [1.54, 1.807) is 41.1 Å². The summed E-state index contributed by atoms with van der Waals surface area (Å²) < 4.78 is 41.8. The number of ether oxygens (including phenoxy) is 7. The third-order valence-electron chi connectivity index (χ3n) is 15.2. The Bertz CT molecular complexity index is 2040. The highest BCUT2D eigenvalue weighted by molar-refractivity contribution is 14.1. The van der Waals surface area contributed by atoms with Crippen LogP contribution in [0.5, 0.6) is 0 Å². The number of fused-ring (bicyclic) bond motifs is 3. The number of allylic oxidation sites excluding steroid dienone is 6. The molecular formula is C55H81I2NO15. The van der Waals surface area contributed by atoms with Gasteiger partial charge in [0.05, 0.1) is 27.2 Å². The molecule has 3 fully saturated rings. The summed E-state index contributed by atoms with van der Waals surface area (Å²) in [6, 6.07) is -1.18. The predicted octanol–water partition coefficient (Wildman–Crippen LogP) is 8.15. The second kappa shape index (κ2) is 30.2. The first-order valence-electron chi connectivity index (χ1n) is 25.9. The van der Waals surface area contributed by atoms with Gasteiger partial charge in [-0.3, -0.25) is 28.8 Å². The van der Waals surface area contributed by atoms with Crippen molar-refractivity contribution >= 4 is 86.3 Å². The number of cyclic esters (lactones) is 1. The van der Waals surface area contributed by atoms with Crippen LogP contribution in [0.15, 0.2) is 47.6 Å². The standard InChI is InChI=1S/C55H81I2NO15/c1-32-16-12-11-13-17-33(2)44(67-8)28-40-21-19-38(7)55(66,73-40)52(63)53(64)58-23-15-14-18-41(58)54(65)71-45(35(4)26-39-20-22-43(46(27-39)68-9)70-47(60)30-56)29-42(59)34(3)25-37(6)50(72-48(61)31-57)51(69-10)49(62)36(5)24-32/h11-13,16-17,25,32,34-36,38-41,43-46,50-51,66H,14-15,18-24,26-31H2,1-10H3/b13-11+,16-12-,33-17+,37-25+/t32-,34+,35+,36+,38+,39-,40-,41-,43+,44-,45?,46+,50+,51-,55+/m0/s1. The molecule has 0 radical (unpaired) electrons. The Hall–Kier alpha value is -2.89. The lowest BCUT2D eigenvalue weighted by atomic mass is 9.78. The Kier molecular flexibility index (Phi) is 25.9. The lowest BCUT2D eigenvalue weighted by molar-refractivity contribution is -0.265. The van der Waals surface area contributed by atoms with Crippen molar-refractivity contribution in [1.82, 2.24) is 4.90 Å². The highest BCUT2D eigenvalue weighted by atomic mass is 127. The number of methoxy groups -OCH3 is 3. The van der Waals surface area contributed by atoms with Crippen LogP contribution < -0.4 is 0 Å². The van der Waals surface area contributed by atoms with Gasteiger partial charge in [-0.1, -0.05) is 116 Å². The van der Waals surface area contributed by atoms with Crippen LogP contribution in [0.4, 0.5) is 0 Å². The smallest absolute Gasteiger partial charge is 0.329 e. The molecule has 3 heterocycles. The topological polar surface area (TPSA) is 208 Å². The Morgan fingerprint density at radius 3 is 2.16 bits per heavy atom. The van der Waals surface area contributed by atoms with Crippen LogP contribution in [-0.2, 0) is 66.7 Å².